The van der Waals surface area contributed by atoms with E-state index >= 15 is 0 Å². The van der Waals surface area contributed by atoms with E-state index in [-0.39, 0.29) is 33.6 Å². The molecule has 0 radical (unpaired) electrons. The number of benzene rings is 2. The van der Waals surface area contributed by atoms with Crippen molar-refractivity contribution in [3.8, 4) is 11.5 Å². The summed E-state index contributed by atoms with van der Waals surface area (Å²) in [7, 11) is 0. The summed E-state index contributed by atoms with van der Waals surface area (Å²) in [5.41, 5.74) is 0.738. The fourth-order valence-corrected chi connectivity index (χ4v) is 3.24. The third kappa shape index (κ3) is 5.82. The third-order valence-electron chi connectivity index (χ3n) is 4.04. The topological polar surface area (TPSA) is 223 Å². The minimum Gasteiger partial charge on any atom is -0.508 e. The number of nitrogens with zero attached hydrogens (tertiary/aromatic N) is 5. The highest BCUT2D eigenvalue weighted by atomic mass is 32.1. The highest BCUT2D eigenvalue weighted by Gasteiger charge is 2.25. The molecule has 1 heterocycles. The van der Waals surface area contributed by atoms with Gasteiger partial charge in [-0.25, -0.2) is 5.43 Å². The van der Waals surface area contributed by atoms with Gasteiger partial charge in [0.25, 0.3) is 17.3 Å². The van der Waals surface area contributed by atoms with Crippen molar-refractivity contribution in [1.82, 2.24) is 15.6 Å². The maximum absolute atomic E-state index is 12.4. The Bertz CT molecular complexity index is 1320. The molecule has 0 aliphatic rings. The van der Waals surface area contributed by atoms with Gasteiger partial charge in [0, 0.05) is 17.7 Å². The molecule has 0 atom stereocenters. The highest BCUT2D eigenvalue weighted by Crippen LogP contribution is 2.26. The number of rotatable bonds is 8. The van der Waals surface area contributed by atoms with Crippen LogP contribution in [0.25, 0.3) is 0 Å². The predicted octanol–water partition coefficient (Wildman–Crippen LogP) is 1.71. The maximum Gasteiger partial charge on any atom is 0.289 e. The number of hydrazone groups is 1. The number of aromatic nitrogens is 2. The molecule has 0 unspecified atom stereocenters. The number of carbonyl (C=O) groups is 2. The summed E-state index contributed by atoms with van der Waals surface area (Å²) in [4.78, 5) is 44.6. The van der Waals surface area contributed by atoms with Crippen LogP contribution in [0.3, 0.4) is 0 Å². The Kier molecular flexibility index (Phi) is 7.02. The van der Waals surface area contributed by atoms with Crippen LogP contribution in [0.15, 0.2) is 41.5 Å². The molecule has 0 aliphatic carbocycles. The summed E-state index contributed by atoms with van der Waals surface area (Å²) < 4.78 is 0. The van der Waals surface area contributed by atoms with Gasteiger partial charge in [0.15, 0.2) is 0 Å². The summed E-state index contributed by atoms with van der Waals surface area (Å²) in [5.74, 6) is -1.90. The fraction of sp³-hybridized carbons (Fsp3) is 0.0556. The first-order valence-corrected chi connectivity index (χ1v) is 9.86. The van der Waals surface area contributed by atoms with Crippen molar-refractivity contribution in [3.63, 3.8) is 0 Å². The molecule has 4 N–H and O–H groups in total. The van der Waals surface area contributed by atoms with Crippen LogP contribution in [0.4, 0.5) is 16.5 Å². The number of amides is 2. The van der Waals surface area contributed by atoms with Crippen molar-refractivity contribution in [2.75, 3.05) is 5.32 Å². The van der Waals surface area contributed by atoms with Gasteiger partial charge < -0.3 is 10.2 Å². The number of aromatic hydroxyl groups is 2. The average molecular weight is 487 g/mol. The van der Waals surface area contributed by atoms with E-state index < -0.39 is 38.6 Å². The van der Waals surface area contributed by atoms with Crippen LogP contribution >= 0.6 is 11.3 Å². The van der Waals surface area contributed by atoms with Crippen LogP contribution in [0.1, 0.15) is 20.9 Å². The molecular formula is C18H13N7O8S. The van der Waals surface area contributed by atoms with E-state index in [2.05, 4.69) is 26.0 Å². The van der Waals surface area contributed by atoms with Gasteiger partial charge in [-0.15, -0.1) is 10.2 Å². The lowest BCUT2D eigenvalue weighted by Crippen LogP contribution is -2.19. The Labute approximate surface area is 192 Å². The predicted molar refractivity (Wildman–Crippen MR) is 117 cm³/mol. The number of nitro benzene ring substituents is 2. The van der Waals surface area contributed by atoms with E-state index in [1.165, 1.54) is 12.1 Å². The van der Waals surface area contributed by atoms with E-state index in [1.54, 1.807) is 0 Å². The van der Waals surface area contributed by atoms with E-state index in [0.717, 1.165) is 35.8 Å². The van der Waals surface area contributed by atoms with Crippen LogP contribution in [0.2, 0.25) is 0 Å². The second-order valence-corrected chi connectivity index (χ2v) is 7.45. The molecule has 0 spiro atoms. The lowest BCUT2D eigenvalue weighted by molar-refractivity contribution is -0.394. The number of hydrogen-bond acceptors (Lipinski definition) is 12. The van der Waals surface area contributed by atoms with Gasteiger partial charge in [-0.1, -0.05) is 11.3 Å². The first-order chi connectivity index (χ1) is 16.1. The zero-order valence-electron chi connectivity index (χ0n) is 16.7. The zero-order valence-corrected chi connectivity index (χ0v) is 17.6. The van der Waals surface area contributed by atoms with Crippen LogP contribution < -0.4 is 10.7 Å². The van der Waals surface area contributed by atoms with Crippen LogP contribution in [0, 0.1) is 20.2 Å². The minimum atomic E-state index is -0.938. The van der Waals surface area contributed by atoms with Crippen molar-refractivity contribution in [1.29, 1.82) is 0 Å². The monoisotopic (exact) mass is 487 g/mol. The summed E-state index contributed by atoms with van der Waals surface area (Å²) in [5, 5.41) is 54.4. The molecule has 174 valence electrons. The Balaban J connectivity index is 1.61. The molecule has 2 aromatic carbocycles. The molecule has 15 nitrogen and oxygen atoms in total. The number of hydrogen-bond donors (Lipinski definition) is 4. The van der Waals surface area contributed by atoms with Crippen LogP contribution in [-0.2, 0) is 11.2 Å². The van der Waals surface area contributed by atoms with E-state index in [0.29, 0.717) is 6.07 Å². The molecule has 0 saturated heterocycles. The Hall–Kier alpha value is -4.99. The van der Waals surface area contributed by atoms with Crippen LogP contribution in [0.5, 0.6) is 11.5 Å². The van der Waals surface area contributed by atoms with Crippen molar-refractivity contribution in [2.45, 2.75) is 6.42 Å². The lowest BCUT2D eigenvalue weighted by atomic mass is 10.1. The SMILES string of the molecule is O=C(Cc1nnc(NC(=O)c2ccc([N+](=O)[O-])cc2[N+](=O)[O-])s1)N/N=C\c1ccc(O)cc1O. The van der Waals surface area contributed by atoms with Crippen molar-refractivity contribution in [3.05, 3.63) is 72.8 Å². The summed E-state index contributed by atoms with van der Waals surface area (Å²) in [6.45, 7) is 0. The molecular weight excluding hydrogens is 474 g/mol. The van der Waals surface area contributed by atoms with E-state index in [1.807, 2.05) is 0 Å². The summed E-state index contributed by atoms with van der Waals surface area (Å²) in [6.07, 6.45) is 0.902. The van der Waals surface area contributed by atoms with Gasteiger partial charge in [0.1, 0.15) is 22.1 Å². The quantitative estimate of drug-likeness (QED) is 0.204. The Morgan fingerprint density at radius 1 is 1.09 bits per heavy atom. The number of phenols is 2. The number of phenolic OH excluding ortho intramolecular Hbond substituents is 2. The molecule has 0 aliphatic heterocycles. The number of nitrogens with one attached hydrogen (secondary N) is 2. The minimum absolute atomic E-state index is 0.0574. The van der Waals surface area contributed by atoms with E-state index in [9.17, 15) is 40.0 Å². The second kappa shape index (κ2) is 10.1. The standard InChI is InChI=1S/C18H13N7O8S/c26-11-3-1-9(14(27)6-11)8-19-21-15(28)7-16-22-23-18(34-16)20-17(29)12-4-2-10(24(30)31)5-13(12)25(32)33/h1-6,8,26-27H,7H2,(H,21,28)(H,20,23,29)/b19-8-. The fourth-order valence-electron chi connectivity index (χ4n) is 2.51. The Morgan fingerprint density at radius 3 is 2.53 bits per heavy atom. The van der Waals surface area contributed by atoms with Crippen molar-refractivity contribution >= 4 is 45.9 Å². The van der Waals surface area contributed by atoms with Gasteiger partial charge in [-0.2, -0.15) is 5.10 Å². The van der Waals surface area contributed by atoms with Gasteiger partial charge >= 0.3 is 0 Å². The van der Waals surface area contributed by atoms with Gasteiger partial charge in [-0.05, 0) is 18.2 Å². The first-order valence-electron chi connectivity index (χ1n) is 9.04. The second-order valence-electron chi connectivity index (χ2n) is 6.38. The van der Waals surface area contributed by atoms with Crippen LogP contribution in [-0.4, -0.2) is 48.3 Å². The molecule has 3 rings (SSSR count). The van der Waals surface area contributed by atoms with E-state index in [4.69, 9.17) is 0 Å². The molecule has 0 saturated carbocycles. The van der Waals surface area contributed by atoms with Crippen molar-refractivity contribution < 1.29 is 29.6 Å². The summed E-state index contributed by atoms with van der Waals surface area (Å²) in [6, 6.07) is 6.39. The first kappa shape index (κ1) is 23.7. The third-order valence-corrected chi connectivity index (χ3v) is 4.88. The summed E-state index contributed by atoms with van der Waals surface area (Å²) >= 11 is 0.828. The number of nitro groups is 2. The Morgan fingerprint density at radius 2 is 1.85 bits per heavy atom. The maximum atomic E-state index is 12.4. The molecule has 34 heavy (non-hydrogen) atoms. The number of carbonyl (C=O) groups excluding carboxylic acids is 2. The highest BCUT2D eigenvalue weighted by molar-refractivity contribution is 7.15. The molecule has 3 aromatic rings. The molecule has 1 aromatic heterocycles. The lowest BCUT2D eigenvalue weighted by Gasteiger charge is -2.02. The smallest absolute Gasteiger partial charge is 0.289 e. The van der Waals surface area contributed by atoms with Gasteiger partial charge in [-0.3, -0.25) is 35.1 Å². The molecule has 0 bridgehead atoms. The molecule has 0 fully saturated rings. The molecule has 2 amide bonds. The number of anilines is 1. The zero-order chi connectivity index (χ0) is 24.8. The molecule has 16 heteroatoms. The average Bonchev–Trinajstić information content (AvgIpc) is 3.21. The van der Waals surface area contributed by atoms with Gasteiger partial charge in [0.05, 0.1) is 28.5 Å². The van der Waals surface area contributed by atoms with Crippen molar-refractivity contribution in [2.24, 2.45) is 5.10 Å². The number of non-ortho nitro benzene ring substituents is 1. The normalized spacial score (nSPS) is 10.7. The largest absolute Gasteiger partial charge is 0.508 e. The van der Waals surface area contributed by atoms with Gasteiger partial charge in [0.2, 0.25) is 11.0 Å².